The lowest BCUT2D eigenvalue weighted by Crippen LogP contribution is -2.14. The molecule has 39 heavy (non-hydrogen) atoms. The third-order valence-corrected chi connectivity index (χ3v) is 7.62. The van der Waals surface area contributed by atoms with Crippen LogP contribution in [0.2, 0.25) is 0 Å². The highest BCUT2D eigenvalue weighted by Crippen LogP contribution is 2.32. The van der Waals surface area contributed by atoms with E-state index in [4.69, 9.17) is 9.15 Å². The summed E-state index contributed by atoms with van der Waals surface area (Å²) in [5.41, 5.74) is 1.58. The van der Waals surface area contributed by atoms with Crippen molar-refractivity contribution < 1.29 is 18.7 Å². The van der Waals surface area contributed by atoms with Gasteiger partial charge in [-0.05, 0) is 36.2 Å². The van der Waals surface area contributed by atoms with Gasteiger partial charge in [-0.15, -0.1) is 11.8 Å². The molecule has 8 nitrogen and oxygen atoms in total. The lowest BCUT2D eigenvalue weighted by Gasteiger charge is -2.12. The first kappa shape index (κ1) is 28.4. The Hall–Kier alpha value is -3.63. The van der Waals surface area contributed by atoms with Gasteiger partial charge in [-0.2, -0.15) is 0 Å². The third-order valence-electron chi connectivity index (χ3n) is 5.52. The molecule has 0 radical (unpaired) electrons. The van der Waals surface area contributed by atoms with E-state index in [1.54, 1.807) is 24.2 Å². The molecule has 2 N–H and O–H groups in total. The number of amides is 2. The van der Waals surface area contributed by atoms with Crippen molar-refractivity contribution in [3.8, 4) is 5.75 Å². The number of nitrogens with zero attached hydrogens (tertiary/aromatic N) is 2. The number of ether oxygens (including phenoxy) is 1. The number of aromatic nitrogens is 2. The normalized spacial score (nSPS) is 11.3. The van der Waals surface area contributed by atoms with Crippen molar-refractivity contribution in [3.63, 3.8) is 0 Å². The minimum absolute atomic E-state index is 0.0404. The molecule has 0 saturated heterocycles. The summed E-state index contributed by atoms with van der Waals surface area (Å²) in [6.07, 6.45) is 4.74. The zero-order valence-corrected chi connectivity index (χ0v) is 23.9. The van der Waals surface area contributed by atoms with E-state index in [9.17, 15) is 9.59 Å². The smallest absolute Gasteiger partial charge is 0.230 e. The van der Waals surface area contributed by atoms with Crippen LogP contribution in [0.3, 0.4) is 0 Å². The van der Waals surface area contributed by atoms with Crippen LogP contribution >= 0.6 is 23.1 Å². The van der Waals surface area contributed by atoms with E-state index in [-0.39, 0.29) is 23.7 Å². The van der Waals surface area contributed by atoms with E-state index in [0.29, 0.717) is 42.0 Å². The maximum atomic E-state index is 12.5. The summed E-state index contributed by atoms with van der Waals surface area (Å²) >= 11 is 2.99. The molecule has 2 aromatic carbocycles. The predicted octanol–water partition coefficient (Wildman–Crippen LogP) is 6.70. The molecule has 2 heterocycles. The summed E-state index contributed by atoms with van der Waals surface area (Å²) in [6, 6.07) is 16.8. The quantitative estimate of drug-likeness (QED) is 0.146. The van der Waals surface area contributed by atoms with E-state index >= 15 is 0 Å². The van der Waals surface area contributed by atoms with Gasteiger partial charge < -0.3 is 19.8 Å². The van der Waals surface area contributed by atoms with Crippen molar-refractivity contribution >= 4 is 45.7 Å². The monoisotopic (exact) mass is 564 g/mol. The first-order valence-electron chi connectivity index (χ1n) is 12.6. The average Bonchev–Trinajstić information content (AvgIpc) is 3.56. The molecule has 0 unspecified atom stereocenters. The molecular formula is C29H32N4O4S2. The lowest BCUT2D eigenvalue weighted by atomic mass is 9.94. The number of hydrogen-bond donors (Lipinski definition) is 2. The van der Waals surface area contributed by atoms with Crippen molar-refractivity contribution in [1.29, 1.82) is 0 Å². The number of benzene rings is 2. The Morgan fingerprint density at radius 1 is 0.974 bits per heavy atom. The Kier molecular flexibility index (Phi) is 9.78. The fraction of sp³-hybridized carbons (Fsp3) is 0.310. The van der Waals surface area contributed by atoms with E-state index < -0.39 is 0 Å². The number of carbonyl (C=O) groups excluding carboxylic acids is 2. The van der Waals surface area contributed by atoms with Crippen molar-refractivity contribution in [3.05, 3.63) is 84.2 Å². The molecule has 2 amide bonds. The number of hydrogen-bond acceptors (Lipinski definition) is 8. The molecule has 10 heteroatoms. The van der Waals surface area contributed by atoms with Gasteiger partial charge in [0.2, 0.25) is 17.7 Å². The van der Waals surface area contributed by atoms with Crippen LogP contribution in [-0.2, 0) is 27.2 Å². The van der Waals surface area contributed by atoms with Crippen molar-refractivity contribution in [2.45, 2.75) is 55.4 Å². The molecule has 204 valence electrons. The van der Waals surface area contributed by atoms with E-state index in [2.05, 4.69) is 41.4 Å². The minimum atomic E-state index is -0.137. The van der Waals surface area contributed by atoms with Gasteiger partial charge in [0, 0.05) is 17.5 Å². The van der Waals surface area contributed by atoms with Gasteiger partial charge in [0.1, 0.15) is 11.5 Å². The Balaban J connectivity index is 1.14. The Morgan fingerprint density at radius 2 is 1.74 bits per heavy atom. The second-order valence-corrected chi connectivity index (χ2v) is 12.2. The molecule has 2 aromatic heterocycles. The zero-order valence-electron chi connectivity index (χ0n) is 22.2. The molecule has 0 atom stereocenters. The Bertz CT molecular complexity index is 1360. The number of carbonyl (C=O) groups is 2. The second-order valence-electron chi connectivity index (χ2n) is 9.88. The molecule has 0 bridgehead atoms. The lowest BCUT2D eigenvalue weighted by molar-refractivity contribution is -0.116. The number of rotatable bonds is 12. The number of thioether (sulfide) groups is 1. The SMILES string of the molecule is CC(C)(C)c1cnc(CSc2cnc(NC(=O)Cc3ccc(OCCCC(=O)Nc4ccccc4)cc3)s2)o1. The van der Waals surface area contributed by atoms with Gasteiger partial charge in [0.25, 0.3) is 0 Å². The first-order valence-corrected chi connectivity index (χ1v) is 14.4. The maximum absolute atomic E-state index is 12.5. The molecule has 0 aliphatic carbocycles. The number of anilines is 2. The van der Waals surface area contributed by atoms with Crippen LogP contribution in [0.4, 0.5) is 10.8 Å². The molecule has 4 aromatic rings. The standard InChI is InChI=1S/C29H32N4O4S2/c1-29(2,3)23-17-30-26(37-23)19-38-27-18-31-28(39-27)33-25(35)16-20-11-13-22(14-12-20)36-15-7-10-24(34)32-21-8-5-4-6-9-21/h4-6,8-9,11-14,17-18H,7,10,15-16,19H2,1-3H3,(H,32,34)(H,31,33,35). The van der Waals surface area contributed by atoms with Crippen molar-refractivity contribution in [2.24, 2.45) is 0 Å². The molecule has 0 saturated carbocycles. The highest BCUT2D eigenvalue weighted by Gasteiger charge is 2.19. The van der Waals surface area contributed by atoms with E-state index in [0.717, 1.165) is 21.2 Å². The first-order chi connectivity index (χ1) is 18.7. The summed E-state index contributed by atoms with van der Waals surface area (Å²) in [5, 5.41) is 6.28. The molecule has 0 aliphatic heterocycles. The maximum Gasteiger partial charge on any atom is 0.230 e. The largest absolute Gasteiger partial charge is 0.494 e. The van der Waals surface area contributed by atoms with E-state index in [1.807, 2.05) is 54.6 Å². The topological polar surface area (TPSA) is 106 Å². The van der Waals surface area contributed by atoms with Gasteiger partial charge in [-0.25, -0.2) is 9.97 Å². The van der Waals surface area contributed by atoms with Gasteiger partial charge in [-0.1, -0.05) is 62.4 Å². The predicted molar refractivity (Wildman–Crippen MR) is 155 cm³/mol. The number of para-hydroxylation sites is 1. The summed E-state index contributed by atoms with van der Waals surface area (Å²) in [7, 11) is 0. The van der Waals surface area contributed by atoms with Crippen LogP contribution in [-0.4, -0.2) is 28.4 Å². The zero-order chi connectivity index (χ0) is 27.7. The second kappa shape index (κ2) is 13.4. The molecule has 0 spiro atoms. The number of thiazole rings is 1. The molecular weight excluding hydrogens is 532 g/mol. The number of oxazole rings is 1. The molecule has 0 fully saturated rings. The van der Waals surface area contributed by atoms with E-state index in [1.165, 1.54) is 11.3 Å². The fourth-order valence-electron chi connectivity index (χ4n) is 3.46. The highest BCUT2D eigenvalue weighted by molar-refractivity contribution is 8.00. The van der Waals surface area contributed by atoms with Crippen molar-refractivity contribution in [1.82, 2.24) is 9.97 Å². The highest BCUT2D eigenvalue weighted by atomic mass is 32.2. The summed E-state index contributed by atoms with van der Waals surface area (Å²) in [5.74, 6) is 2.65. The summed E-state index contributed by atoms with van der Waals surface area (Å²) < 4.78 is 12.5. The molecule has 0 aliphatic rings. The van der Waals surface area contributed by atoms with Crippen molar-refractivity contribution in [2.75, 3.05) is 17.2 Å². The third kappa shape index (κ3) is 9.26. The van der Waals surface area contributed by atoms with Crippen LogP contribution in [0.25, 0.3) is 0 Å². The van der Waals surface area contributed by atoms with Crippen LogP contribution in [0.15, 0.2) is 75.6 Å². The minimum Gasteiger partial charge on any atom is -0.494 e. The summed E-state index contributed by atoms with van der Waals surface area (Å²) in [6.45, 7) is 6.69. The van der Waals surface area contributed by atoms with Gasteiger partial charge in [0.15, 0.2) is 5.13 Å². The number of nitrogens with one attached hydrogen (secondary N) is 2. The van der Waals surface area contributed by atoms with Crippen LogP contribution in [0.1, 0.15) is 50.8 Å². The van der Waals surface area contributed by atoms with Crippen LogP contribution in [0, 0.1) is 0 Å². The average molecular weight is 565 g/mol. The van der Waals surface area contributed by atoms with Crippen LogP contribution in [0.5, 0.6) is 5.75 Å². The van der Waals surface area contributed by atoms with Gasteiger partial charge in [0.05, 0.1) is 35.4 Å². The van der Waals surface area contributed by atoms with Gasteiger partial charge in [-0.3, -0.25) is 9.59 Å². The Labute approximate surface area is 236 Å². The van der Waals surface area contributed by atoms with Gasteiger partial charge >= 0.3 is 0 Å². The molecule has 4 rings (SSSR count). The Morgan fingerprint density at radius 3 is 2.46 bits per heavy atom. The summed E-state index contributed by atoms with van der Waals surface area (Å²) in [4.78, 5) is 33.2. The fourth-order valence-corrected chi connectivity index (χ4v) is 5.20. The van der Waals surface area contributed by atoms with Crippen LogP contribution < -0.4 is 15.4 Å².